The summed E-state index contributed by atoms with van der Waals surface area (Å²) in [4.78, 5) is 12.2. The molecule has 0 aliphatic heterocycles. The van der Waals surface area contributed by atoms with Crippen molar-refractivity contribution in [3.63, 3.8) is 0 Å². The van der Waals surface area contributed by atoms with Crippen molar-refractivity contribution in [1.82, 2.24) is 0 Å². The molecule has 4 nitrogen and oxygen atoms in total. The van der Waals surface area contributed by atoms with Crippen LogP contribution in [0, 0.1) is 12.7 Å². The first kappa shape index (κ1) is 13.9. The van der Waals surface area contributed by atoms with Gasteiger partial charge in [0, 0.05) is 0 Å². The molecule has 20 heavy (non-hydrogen) atoms. The third kappa shape index (κ3) is 2.56. The maximum Gasteiger partial charge on any atom is 0.257 e. The van der Waals surface area contributed by atoms with Crippen molar-refractivity contribution in [3.8, 4) is 5.75 Å². The van der Waals surface area contributed by atoms with E-state index in [4.69, 9.17) is 10.5 Å². The van der Waals surface area contributed by atoms with Gasteiger partial charge < -0.3 is 15.8 Å². The van der Waals surface area contributed by atoms with Gasteiger partial charge in [0.25, 0.3) is 5.91 Å². The zero-order valence-corrected chi connectivity index (χ0v) is 11.2. The molecule has 0 aliphatic carbocycles. The second-order valence-electron chi connectivity index (χ2n) is 4.31. The predicted molar refractivity (Wildman–Crippen MR) is 76.5 cm³/mol. The Labute approximate surface area is 116 Å². The Bertz CT molecular complexity index is 636. The highest BCUT2D eigenvalue weighted by Crippen LogP contribution is 2.26. The number of aryl methyl sites for hydroxylation is 1. The zero-order chi connectivity index (χ0) is 14.7. The molecule has 1 amide bonds. The number of ether oxygens (including phenoxy) is 1. The van der Waals surface area contributed by atoms with Crippen molar-refractivity contribution in [3.05, 3.63) is 53.3 Å². The molecule has 2 rings (SSSR count). The van der Waals surface area contributed by atoms with E-state index in [1.165, 1.54) is 13.2 Å². The summed E-state index contributed by atoms with van der Waals surface area (Å²) < 4.78 is 18.8. The van der Waals surface area contributed by atoms with E-state index < -0.39 is 11.7 Å². The Morgan fingerprint density at radius 2 is 1.95 bits per heavy atom. The highest BCUT2D eigenvalue weighted by atomic mass is 19.1. The molecular weight excluding hydrogens is 259 g/mol. The van der Waals surface area contributed by atoms with Gasteiger partial charge in [-0.1, -0.05) is 18.2 Å². The van der Waals surface area contributed by atoms with Gasteiger partial charge in [-0.15, -0.1) is 0 Å². The molecule has 3 N–H and O–H groups in total. The predicted octanol–water partition coefficient (Wildman–Crippen LogP) is 2.98. The van der Waals surface area contributed by atoms with Crippen molar-refractivity contribution in [2.24, 2.45) is 0 Å². The number of benzene rings is 2. The quantitative estimate of drug-likeness (QED) is 0.846. The molecule has 104 valence electrons. The van der Waals surface area contributed by atoms with Gasteiger partial charge in [0.1, 0.15) is 11.6 Å². The van der Waals surface area contributed by atoms with E-state index in [0.29, 0.717) is 11.3 Å². The van der Waals surface area contributed by atoms with E-state index >= 15 is 0 Å². The van der Waals surface area contributed by atoms with Crippen molar-refractivity contribution in [2.45, 2.75) is 6.92 Å². The van der Waals surface area contributed by atoms with Crippen LogP contribution in [0.2, 0.25) is 0 Å². The Morgan fingerprint density at radius 3 is 2.60 bits per heavy atom. The van der Waals surface area contributed by atoms with Crippen molar-refractivity contribution in [1.29, 1.82) is 0 Å². The fourth-order valence-corrected chi connectivity index (χ4v) is 1.89. The molecule has 0 aromatic heterocycles. The molecule has 0 spiro atoms. The van der Waals surface area contributed by atoms with Crippen LogP contribution in [-0.4, -0.2) is 13.0 Å². The summed E-state index contributed by atoms with van der Waals surface area (Å²) in [5, 5.41) is 2.54. The largest absolute Gasteiger partial charge is 0.495 e. The van der Waals surface area contributed by atoms with Crippen LogP contribution >= 0.6 is 0 Å². The number of para-hydroxylation sites is 2. The summed E-state index contributed by atoms with van der Waals surface area (Å²) in [7, 11) is 1.47. The maximum atomic E-state index is 13.7. The number of hydrogen-bond donors (Lipinski definition) is 2. The number of rotatable bonds is 3. The first-order valence-corrected chi connectivity index (χ1v) is 6.03. The number of hydrogen-bond acceptors (Lipinski definition) is 3. The van der Waals surface area contributed by atoms with E-state index in [2.05, 4.69) is 5.32 Å². The van der Waals surface area contributed by atoms with Crippen molar-refractivity contribution < 1.29 is 13.9 Å². The summed E-state index contributed by atoms with van der Waals surface area (Å²) in [6.07, 6.45) is 0. The Balaban J connectivity index is 2.34. The molecule has 0 aliphatic rings. The lowest BCUT2D eigenvalue weighted by molar-refractivity contribution is 0.102. The lowest BCUT2D eigenvalue weighted by Crippen LogP contribution is -2.16. The number of carbonyl (C=O) groups is 1. The third-order valence-corrected chi connectivity index (χ3v) is 2.99. The summed E-state index contributed by atoms with van der Waals surface area (Å²) in [6.45, 7) is 1.72. The summed E-state index contributed by atoms with van der Waals surface area (Å²) in [5.74, 6) is -0.558. The molecule has 0 bridgehead atoms. The Hall–Kier alpha value is -2.56. The molecule has 0 radical (unpaired) electrons. The Morgan fingerprint density at radius 1 is 1.25 bits per heavy atom. The van der Waals surface area contributed by atoms with Crippen LogP contribution in [0.1, 0.15) is 15.9 Å². The van der Waals surface area contributed by atoms with Gasteiger partial charge in [-0.3, -0.25) is 4.79 Å². The number of nitrogens with one attached hydrogen (secondary N) is 1. The molecule has 0 unspecified atom stereocenters. The molecule has 0 saturated heterocycles. The van der Waals surface area contributed by atoms with Crippen LogP contribution < -0.4 is 15.8 Å². The fraction of sp³-hybridized carbons (Fsp3) is 0.133. The second kappa shape index (κ2) is 5.61. The molecule has 2 aromatic rings. The van der Waals surface area contributed by atoms with Gasteiger partial charge in [-0.05, 0) is 30.7 Å². The van der Waals surface area contributed by atoms with Crippen LogP contribution in [0.15, 0.2) is 36.4 Å². The first-order valence-electron chi connectivity index (χ1n) is 6.03. The smallest absolute Gasteiger partial charge is 0.257 e. The van der Waals surface area contributed by atoms with Crippen molar-refractivity contribution >= 4 is 17.3 Å². The number of methoxy groups -OCH3 is 1. The lowest BCUT2D eigenvalue weighted by Gasteiger charge is -2.12. The second-order valence-corrected chi connectivity index (χ2v) is 4.31. The van der Waals surface area contributed by atoms with E-state index in [-0.39, 0.29) is 16.9 Å². The van der Waals surface area contributed by atoms with Crippen LogP contribution in [0.3, 0.4) is 0 Å². The minimum absolute atomic E-state index is 0.153. The van der Waals surface area contributed by atoms with Gasteiger partial charge in [-0.25, -0.2) is 4.39 Å². The highest BCUT2D eigenvalue weighted by Gasteiger charge is 2.15. The molecule has 0 fully saturated rings. The number of nitrogen functional groups attached to an aromatic ring is 1. The van der Waals surface area contributed by atoms with Crippen LogP contribution in [0.5, 0.6) is 5.75 Å². The van der Waals surface area contributed by atoms with E-state index in [1.54, 1.807) is 37.3 Å². The molecule has 0 saturated carbocycles. The van der Waals surface area contributed by atoms with Gasteiger partial charge >= 0.3 is 0 Å². The van der Waals surface area contributed by atoms with Crippen LogP contribution in [0.4, 0.5) is 15.8 Å². The molecule has 0 heterocycles. The number of nitrogens with two attached hydrogens (primary N) is 1. The number of carbonyl (C=O) groups excluding carboxylic acids is 1. The summed E-state index contributed by atoms with van der Waals surface area (Å²) in [5.41, 5.74) is 7.10. The maximum absolute atomic E-state index is 13.7. The lowest BCUT2D eigenvalue weighted by atomic mass is 10.1. The zero-order valence-electron chi connectivity index (χ0n) is 11.2. The SMILES string of the molecule is COc1cccc(C(=O)Nc2c(C)cccc2F)c1N. The average molecular weight is 274 g/mol. The third-order valence-electron chi connectivity index (χ3n) is 2.99. The molecule has 5 heteroatoms. The normalized spacial score (nSPS) is 10.2. The molecule has 0 atom stereocenters. The van der Waals surface area contributed by atoms with Gasteiger partial charge in [0.15, 0.2) is 0 Å². The molecular formula is C15H15FN2O2. The average Bonchev–Trinajstić information content (AvgIpc) is 2.43. The van der Waals surface area contributed by atoms with Crippen LogP contribution in [-0.2, 0) is 0 Å². The minimum atomic E-state index is -0.486. The van der Waals surface area contributed by atoms with E-state index in [0.717, 1.165) is 0 Å². The highest BCUT2D eigenvalue weighted by molar-refractivity contribution is 6.08. The monoisotopic (exact) mass is 274 g/mol. The number of amides is 1. The summed E-state index contributed by atoms with van der Waals surface area (Å²) >= 11 is 0. The van der Waals surface area contributed by atoms with E-state index in [9.17, 15) is 9.18 Å². The standard InChI is InChI=1S/C15H15FN2O2/c1-9-5-3-7-11(16)14(9)18-15(19)10-6-4-8-12(20-2)13(10)17/h3-8H,17H2,1-2H3,(H,18,19). The number of anilines is 2. The van der Waals surface area contributed by atoms with E-state index in [1.807, 2.05) is 0 Å². The number of halogens is 1. The first-order chi connectivity index (χ1) is 9.54. The van der Waals surface area contributed by atoms with Gasteiger partial charge in [0.2, 0.25) is 0 Å². The van der Waals surface area contributed by atoms with Gasteiger partial charge in [-0.2, -0.15) is 0 Å². The summed E-state index contributed by atoms with van der Waals surface area (Å²) in [6, 6.07) is 9.45. The fourth-order valence-electron chi connectivity index (χ4n) is 1.89. The van der Waals surface area contributed by atoms with Crippen molar-refractivity contribution in [2.75, 3.05) is 18.2 Å². The minimum Gasteiger partial charge on any atom is -0.495 e. The van der Waals surface area contributed by atoms with Crippen LogP contribution in [0.25, 0.3) is 0 Å². The topological polar surface area (TPSA) is 64.3 Å². The van der Waals surface area contributed by atoms with Gasteiger partial charge in [0.05, 0.1) is 24.0 Å². The Kier molecular flexibility index (Phi) is 3.89. The molecule has 2 aromatic carbocycles.